The number of carbonyl (C=O) groups is 1. The Morgan fingerprint density at radius 1 is 1.29 bits per heavy atom. The summed E-state index contributed by atoms with van der Waals surface area (Å²) in [5, 5.41) is 2.81. The monoisotopic (exact) mass is 285 g/mol. The Morgan fingerprint density at radius 3 is 2.71 bits per heavy atom. The smallest absolute Gasteiger partial charge is 0.253 e. The molecule has 0 spiro atoms. The van der Waals surface area contributed by atoms with Crippen LogP contribution in [0, 0.1) is 0 Å². The molecule has 5 heteroatoms. The lowest BCUT2D eigenvalue weighted by Crippen LogP contribution is -2.33. The molecule has 0 saturated carbocycles. The second kappa shape index (κ2) is 7.38. The van der Waals surface area contributed by atoms with Gasteiger partial charge in [0.1, 0.15) is 6.54 Å². The van der Waals surface area contributed by atoms with Crippen molar-refractivity contribution < 1.29 is 4.79 Å². The van der Waals surface area contributed by atoms with Gasteiger partial charge in [0.15, 0.2) is 0 Å². The van der Waals surface area contributed by atoms with Gasteiger partial charge in [0.2, 0.25) is 5.91 Å². The molecule has 1 N–H and O–H groups in total. The quantitative estimate of drug-likeness (QED) is 0.866. The second-order valence-corrected chi connectivity index (χ2v) is 4.79. The highest BCUT2D eigenvalue weighted by atomic mass is 16.2. The first kappa shape index (κ1) is 15.0. The molecule has 1 heterocycles. The lowest BCUT2D eigenvalue weighted by atomic mass is 10.1. The van der Waals surface area contributed by atoms with E-state index in [9.17, 15) is 9.59 Å². The molecule has 0 aliphatic heterocycles. The lowest BCUT2D eigenvalue weighted by Gasteiger charge is -2.07. The minimum Gasteiger partial charge on any atom is -0.354 e. The third-order valence-electron chi connectivity index (χ3n) is 3.19. The summed E-state index contributed by atoms with van der Waals surface area (Å²) in [6.45, 7) is 2.49. The minimum atomic E-state index is -0.194. The van der Waals surface area contributed by atoms with Crippen LogP contribution in [0.1, 0.15) is 18.2 Å². The zero-order valence-corrected chi connectivity index (χ0v) is 12.1. The molecular weight excluding hydrogens is 266 g/mol. The third kappa shape index (κ3) is 4.56. The number of aromatic nitrogens is 2. The molecule has 1 aromatic heterocycles. The van der Waals surface area contributed by atoms with Crippen molar-refractivity contribution in [1.82, 2.24) is 14.9 Å². The van der Waals surface area contributed by atoms with Crippen LogP contribution in [-0.2, 0) is 24.2 Å². The molecule has 0 fully saturated rings. The summed E-state index contributed by atoms with van der Waals surface area (Å²) in [5.74, 6) is -0.181. The summed E-state index contributed by atoms with van der Waals surface area (Å²) in [6.07, 6.45) is 2.91. The van der Waals surface area contributed by atoms with Gasteiger partial charge in [0, 0.05) is 18.3 Å². The van der Waals surface area contributed by atoms with Crippen molar-refractivity contribution in [2.75, 3.05) is 6.54 Å². The van der Waals surface area contributed by atoms with E-state index < -0.39 is 0 Å². The minimum absolute atomic E-state index is 0.00458. The van der Waals surface area contributed by atoms with E-state index in [1.165, 1.54) is 22.5 Å². The van der Waals surface area contributed by atoms with Gasteiger partial charge in [-0.1, -0.05) is 37.3 Å². The molecule has 0 radical (unpaired) electrons. The Labute approximate surface area is 123 Å². The summed E-state index contributed by atoms with van der Waals surface area (Å²) in [5.41, 5.74) is 1.71. The van der Waals surface area contributed by atoms with Gasteiger partial charge in [-0.15, -0.1) is 0 Å². The Hall–Kier alpha value is -2.43. The molecule has 110 valence electrons. The largest absolute Gasteiger partial charge is 0.354 e. The summed E-state index contributed by atoms with van der Waals surface area (Å²) in [4.78, 5) is 27.7. The molecule has 1 aromatic carbocycles. The maximum absolute atomic E-state index is 11.8. The van der Waals surface area contributed by atoms with Crippen LogP contribution < -0.4 is 10.9 Å². The molecule has 0 atom stereocenters. The van der Waals surface area contributed by atoms with Crippen LogP contribution in [0.3, 0.4) is 0 Å². The normalized spacial score (nSPS) is 10.3. The number of carbonyl (C=O) groups excluding carboxylic acids is 1. The van der Waals surface area contributed by atoms with Crippen LogP contribution >= 0.6 is 0 Å². The number of hydrogen-bond acceptors (Lipinski definition) is 3. The zero-order chi connectivity index (χ0) is 15.1. The van der Waals surface area contributed by atoms with Crippen molar-refractivity contribution >= 4 is 5.91 Å². The van der Waals surface area contributed by atoms with Gasteiger partial charge in [0.05, 0.1) is 6.33 Å². The number of amides is 1. The number of benzene rings is 1. The van der Waals surface area contributed by atoms with Crippen molar-refractivity contribution in [3.63, 3.8) is 0 Å². The van der Waals surface area contributed by atoms with Crippen molar-refractivity contribution in [3.8, 4) is 0 Å². The lowest BCUT2D eigenvalue weighted by molar-refractivity contribution is -0.121. The summed E-state index contributed by atoms with van der Waals surface area (Å²) < 4.78 is 1.32. The highest BCUT2D eigenvalue weighted by Crippen LogP contribution is 1.98. The molecule has 21 heavy (non-hydrogen) atoms. The average Bonchev–Trinajstić information content (AvgIpc) is 2.50. The maximum Gasteiger partial charge on any atom is 0.253 e. The SMILES string of the molecule is CCc1cc(=O)n(CC(=O)NCCc2ccccc2)cn1. The predicted octanol–water partition coefficient (Wildman–Crippen LogP) is 1.16. The van der Waals surface area contributed by atoms with Gasteiger partial charge in [-0.3, -0.25) is 14.2 Å². The first-order chi connectivity index (χ1) is 10.2. The van der Waals surface area contributed by atoms with Crippen molar-refractivity contribution in [3.05, 3.63) is 64.3 Å². The van der Waals surface area contributed by atoms with Crippen LogP contribution in [0.4, 0.5) is 0 Å². The van der Waals surface area contributed by atoms with Crippen LogP contribution in [0.5, 0.6) is 0 Å². The fourth-order valence-electron chi connectivity index (χ4n) is 1.98. The fourth-order valence-corrected chi connectivity index (χ4v) is 1.98. The fraction of sp³-hybridized carbons (Fsp3) is 0.312. The van der Waals surface area contributed by atoms with Crippen LogP contribution in [0.15, 0.2) is 47.5 Å². The molecule has 0 saturated heterocycles. The summed E-state index contributed by atoms with van der Waals surface area (Å²) >= 11 is 0. The molecule has 0 bridgehead atoms. The van der Waals surface area contributed by atoms with Crippen molar-refractivity contribution in [2.45, 2.75) is 26.3 Å². The van der Waals surface area contributed by atoms with Gasteiger partial charge in [-0.05, 0) is 18.4 Å². The molecule has 0 aliphatic carbocycles. The number of aryl methyl sites for hydroxylation is 1. The van der Waals surface area contributed by atoms with E-state index in [-0.39, 0.29) is 18.0 Å². The van der Waals surface area contributed by atoms with Crippen LogP contribution in [0.2, 0.25) is 0 Å². The molecule has 0 aliphatic rings. The molecular formula is C16H19N3O2. The van der Waals surface area contributed by atoms with Crippen LogP contribution in [0.25, 0.3) is 0 Å². The molecule has 1 amide bonds. The molecule has 2 aromatic rings. The van der Waals surface area contributed by atoms with Gasteiger partial charge >= 0.3 is 0 Å². The van der Waals surface area contributed by atoms with Crippen LogP contribution in [-0.4, -0.2) is 22.0 Å². The van der Waals surface area contributed by atoms with E-state index >= 15 is 0 Å². The predicted molar refractivity (Wildman–Crippen MR) is 81.0 cm³/mol. The molecule has 5 nitrogen and oxygen atoms in total. The third-order valence-corrected chi connectivity index (χ3v) is 3.19. The second-order valence-electron chi connectivity index (χ2n) is 4.79. The highest BCUT2D eigenvalue weighted by Gasteiger charge is 2.05. The number of rotatable bonds is 6. The summed E-state index contributed by atoms with van der Waals surface area (Å²) in [6, 6.07) is 11.4. The summed E-state index contributed by atoms with van der Waals surface area (Å²) in [7, 11) is 0. The molecule has 2 rings (SSSR count). The Bertz CT molecular complexity index is 650. The van der Waals surface area contributed by atoms with E-state index in [0.29, 0.717) is 13.0 Å². The first-order valence-corrected chi connectivity index (χ1v) is 7.05. The Balaban J connectivity index is 1.83. The van der Waals surface area contributed by atoms with E-state index in [0.717, 1.165) is 12.1 Å². The standard InChI is InChI=1S/C16H19N3O2/c1-2-14-10-16(21)19(12-18-14)11-15(20)17-9-8-13-6-4-3-5-7-13/h3-7,10,12H,2,8-9,11H2,1H3,(H,17,20). The maximum atomic E-state index is 11.8. The van der Waals surface area contributed by atoms with Crippen molar-refractivity contribution in [2.24, 2.45) is 0 Å². The van der Waals surface area contributed by atoms with E-state index in [2.05, 4.69) is 10.3 Å². The Kier molecular flexibility index (Phi) is 5.26. The van der Waals surface area contributed by atoms with Gasteiger partial charge in [-0.2, -0.15) is 0 Å². The number of nitrogens with zero attached hydrogens (tertiary/aromatic N) is 2. The zero-order valence-electron chi connectivity index (χ0n) is 12.1. The highest BCUT2D eigenvalue weighted by molar-refractivity contribution is 5.75. The van der Waals surface area contributed by atoms with E-state index in [1.807, 2.05) is 37.3 Å². The van der Waals surface area contributed by atoms with Gasteiger partial charge in [-0.25, -0.2) is 4.98 Å². The topological polar surface area (TPSA) is 64.0 Å². The van der Waals surface area contributed by atoms with E-state index in [4.69, 9.17) is 0 Å². The Morgan fingerprint density at radius 2 is 2.05 bits per heavy atom. The number of nitrogens with one attached hydrogen (secondary N) is 1. The van der Waals surface area contributed by atoms with E-state index in [1.54, 1.807) is 0 Å². The molecule has 0 unspecified atom stereocenters. The van der Waals surface area contributed by atoms with Gasteiger partial charge in [0.25, 0.3) is 5.56 Å². The van der Waals surface area contributed by atoms with Crippen molar-refractivity contribution in [1.29, 1.82) is 0 Å². The average molecular weight is 285 g/mol. The van der Waals surface area contributed by atoms with Gasteiger partial charge < -0.3 is 5.32 Å². The first-order valence-electron chi connectivity index (χ1n) is 7.05. The number of hydrogen-bond donors (Lipinski definition) is 1.